The van der Waals surface area contributed by atoms with Crippen LogP contribution in [0.5, 0.6) is 0 Å². The number of carbonyl (C=O) groups excluding carboxylic acids is 1. The van der Waals surface area contributed by atoms with Crippen LogP contribution in [-0.2, 0) is 4.74 Å². The first-order valence-corrected chi connectivity index (χ1v) is 4.53. The average Bonchev–Trinajstić information content (AvgIpc) is 2.63. The van der Waals surface area contributed by atoms with Gasteiger partial charge in [0.1, 0.15) is 0 Å². The van der Waals surface area contributed by atoms with Gasteiger partial charge in [-0.25, -0.2) is 9.78 Å². The van der Waals surface area contributed by atoms with E-state index in [1.54, 1.807) is 17.6 Å². The number of hydrogen-bond acceptors (Lipinski definition) is 4. The lowest BCUT2D eigenvalue weighted by atomic mass is 10.2. The van der Waals surface area contributed by atoms with E-state index in [0.717, 1.165) is 10.2 Å². The summed E-state index contributed by atoms with van der Waals surface area (Å²) in [6.45, 7) is 0. The van der Waals surface area contributed by atoms with E-state index >= 15 is 0 Å². The molecule has 0 saturated heterocycles. The van der Waals surface area contributed by atoms with E-state index in [2.05, 4.69) is 15.8 Å². The van der Waals surface area contributed by atoms with Crippen molar-refractivity contribution in [3.8, 4) is 0 Å². The molecule has 4 heteroatoms. The molecule has 0 unspecified atom stereocenters. The number of nitrogens with zero attached hydrogens (tertiary/aromatic N) is 1. The normalized spacial score (nSPS) is 10.2. The maximum atomic E-state index is 11.1. The lowest BCUT2D eigenvalue weighted by Gasteiger charge is -1.96. The molecule has 1 aromatic carbocycles. The minimum atomic E-state index is -0.365. The first-order valence-electron chi connectivity index (χ1n) is 3.65. The Hall–Kier alpha value is -1.42. The fourth-order valence-electron chi connectivity index (χ4n) is 1.02. The molecule has 2 rings (SSSR count). The van der Waals surface area contributed by atoms with Crippen molar-refractivity contribution >= 4 is 27.5 Å². The van der Waals surface area contributed by atoms with Gasteiger partial charge in [-0.05, 0) is 12.1 Å². The quantitative estimate of drug-likeness (QED) is 0.647. The van der Waals surface area contributed by atoms with Gasteiger partial charge >= 0.3 is 5.97 Å². The van der Waals surface area contributed by atoms with E-state index in [1.807, 2.05) is 0 Å². The van der Waals surface area contributed by atoms with E-state index in [0.29, 0.717) is 5.56 Å². The molecular weight excluding hydrogens is 186 g/mol. The molecule has 0 spiro atoms. The lowest BCUT2D eigenvalue weighted by Crippen LogP contribution is -2.00. The van der Waals surface area contributed by atoms with Crippen LogP contribution in [0.25, 0.3) is 10.2 Å². The van der Waals surface area contributed by atoms with Crippen LogP contribution in [-0.4, -0.2) is 18.1 Å². The molecule has 0 bridgehead atoms. The topological polar surface area (TPSA) is 39.2 Å². The Morgan fingerprint density at radius 2 is 2.46 bits per heavy atom. The van der Waals surface area contributed by atoms with Gasteiger partial charge in [0.2, 0.25) is 0 Å². The summed E-state index contributed by atoms with van der Waals surface area (Å²) >= 11 is 1.45. The van der Waals surface area contributed by atoms with E-state index in [9.17, 15) is 4.79 Å². The zero-order valence-electron chi connectivity index (χ0n) is 6.90. The fourth-order valence-corrected chi connectivity index (χ4v) is 1.70. The van der Waals surface area contributed by atoms with Gasteiger partial charge in [-0.1, -0.05) is 0 Å². The standard InChI is InChI=1S/C9H6NO2S/c1-12-9(11)6-2-3-7-8(4-6)13-5-10-7/h2-3,5H,1H3. The maximum Gasteiger partial charge on any atom is 0.338 e. The molecule has 3 nitrogen and oxygen atoms in total. The fraction of sp³-hybridized carbons (Fsp3) is 0.111. The second-order valence-corrected chi connectivity index (χ2v) is 3.29. The summed E-state index contributed by atoms with van der Waals surface area (Å²) in [5.74, 6) is -0.365. The number of thiazole rings is 1. The van der Waals surface area contributed by atoms with Crippen molar-refractivity contribution in [2.75, 3.05) is 7.11 Å². The third-order valence-corrected chi connectivity index (χ3v) is 2.41. The van der Waals surface area contributed by atoms with Crippen LogP contribution in [0.1, 0.15) is 10.4 Å². The molecule has 13 heavy (non-hydrogen) atoms. The van der Waals surface area contributed by atoms with Crippen LogP contribution in [0.3, 0.4) is 0 Å². The smallest absolute Gasteiger partial charge is 0.338 e. The summed E-state index contributed by atoms with van der Waals surface area (Å²) in [7, 11) is 1.35. The highest BCUT2D eigenvalue weighted by Crippen LogP contribution is 2.18. The van der Waals surface area contributed by atoms with Crippen LogP contribution >= 0.6 is 11.3 Å². The monoisotopic (exact) mass is 192 g/mol. The Morgan fingerprint density at radius 1 is 1.62 bits per heavy atom. The van der Waals surface area contributed by atoms with Gasteiger partial charge in [0.25, 0.3) is 0 Å². The van der Waals surface area contributed by atoms with Gasteiger partial charge in [-0.15, -0.1) is 11.3 Å². The van der Waals surface area contributed by atoms with E-state index in [4.69, 9.17) is 0 Å². The van der Waals surface area contributed by atoms with Crippen molar-refractivity contribution in [3.05, 3.63) is 29.3 Å². The number of hydrogen-bond donors (Lipinski definition) is 0. The predicted octanol–water partition coefficient (Wildman–Crippen LogP) is 1.88. The minimum Gasteiger partial charge on any atom is -0.465 e. The highest BCUT2D eigenvalue weighted by atomic mass is 32.1. The lowest BCUT2D eigenvalue weighted by molar-refractivity contribution is 0.0600. The van der Waals surface area contributed by atoms with Crippen molar-refractivity contribution in [1.82, 2.24) is 4.98 Å². The Kier molecular flexibility index (Phi) is 1.98. The van der Waals surface area contributed by atoms with Crippen molar-refractivity contribution in [2.45, 2.75) is 0 Å². The number of aromatic nitrogens is 1. The molecule has 0 atom stereocenters. The maximum absolute atomic E-state index is 11.1. The van der Waals surface area contributed by atoms with Crippen molar-refractivity contribution < 1.29 is 9.53 Å². The van der Waals surface area contributed by atoms with Gasteiger partial charge in [-0.2, -0.15) is 0 Å². The molecule has 2 aromatic rings. The van der Waals surface area contributed by atoms with Crippen LogP contribution in [0.4, 0.5) is 0 Å². The first-order chi connectivity index (χ1) is 6.31. The molecule has 0 saturated carbocycles. The second-order valence-electron chi connectivity index (χ2n) is 2.43. The van der Waals surface area contributed by atoms with Crippen molar-refractivity contribution in [1.29, 1.82) is 0 Å². The molecule has 0 aliphatic rings. The molecule has 1 radical (unpaired) electrons. The third kappa shape index (κ3) is 1.40. The molecule has 0 amide bonds. The largest absolute Gasteiger partial charge is 0.465 e. The minimum absolute atomic E-state index is 0.365. The highest BCUT2D eigenvalue weighted by molar-refractivity contribution is 7.16. The van der Waals surface area contributed by atoms with Gasteiger partial charge < -0.3 is 4.74 Å². The number of rotatable bonds is 1. The summed E-state index contributed by atoms with van der Waals surface area (Å²) < 4.78 is 5.45. The van der Waals surface area contributed by atoms with Gasteiger partial charge in [-0.3, -0.25) is 0 Å². The molecule has 1 aromatic heterocycles. The number of fused-ring (bicyclic) bond motifs is 1. The zero-order chi connectivity index (χ0) is 9.26. The Balaban J connectivity index is 2.54. The zero-order valence-corrected chi connectivity index (χ0v) is 7.72. The molecule has 0 N–H and O–H groups in total. The summed E-state index contributed by atoms with van der Waals surface area (Å²) in [6, 6.07) is 6.39. The molecule has 65 valence electrons. The summed E-state index contributed by atoms with van der Waals surface area (Å²) in [4.78, 5) is 15.2. The third-order valence-electron chi connectivity index (χ3n) is 1.66. The van der Waals surface area contributed by atoms with Crippen molar-refractivity contribution in [2.24, 2.45) is 0 Å². The molecule has 0 fully saturated rings. The van der Waals surface area contributed by atoms with Gasteiger partial charge in [0.05, 0.1) is 28.4 Å². The molecular formula is C9H6NO2S. The van der Waals surface area contributed by atoms with E-state index in [1.165, 1.54) is 18.4 Å². The number of benzene rings is 1. The number of methoxy groups -OCH3 is 1. The SMILES string of the molecule is COC(=O)c1[c]c2scnc2cc1. The van der Waals surface area contributed by atoms with Gasteiger partial charge in [0.15, 0.2) is 0 Å². The van der Waals surface area contributed by atoms with Crippen molar-refractivity contribution in [3.63, 3.8) is 0 Å². The van der Waals surface area contributed by atoms with Crippen LogP contribution in [0, 0.1) is 6.07 Å². The summed E-state index contributed by atoms with van der Waals surface area (Å²) in [5.41, 5.74) is 3.03. The molecule has 0 aliphatic carbocycles. The van der Waals surface area contributed by atoms with Gasteiger partial charge in [0, 0.05) is 6.07 Å². The number of ether oxygens (including phenoxy) is 1. The molecule has 0 aliphatic heterocycles. The Morgan fingerprint density at radius 3 is 3.23 bits per heavy atom. The summed E-state index contributed by atoms with van der Waals surface area (Å²) in [5, 5.41) is 0. The Labute approximate surface area is 79.0 Å². The predicted molar refractivity (Wildman–Crippen MR) is 49.8 cm³/mol. The van der Waals surface area contributed by atoms with Crippen LogP contribution < -0.4 is 0 Å². The van der Waals surface area contributed by atoms with Crippen LogP contribution in [0.15, 0.2) is 17.6 Å². The number of esters is 1. The number of carbonyl (C=O) groups is 1. The summed E-state index contributed by atoms with van der Waals surface area (Å²) in [6.07, 6.45) is 0. The Bertz CT molecular complexity index is 450. The average molecular weight is 192 g/mol. The molecule has 1 heterocycles. The van der Waals surface area contributed by atoms with E-state index < -0.39 is 0 Å². The first kappa shape index (κ1) is 8.19. The second kappa shape index (κ2) is 3.14. The van der Waals surface area contributed by atoms with Crippen LogP contribution in [0.2, 0.25) is 0 Å². The van der Waals surface area contributed by atoms with E-state index in [-0.39, 0.29) is 5.97 Å². The highest BCUT2D eigenvalue weighted by Gasteiger charge is 2.06.